The molecular formula is C17H16N4O. The van der Waals surface area contributed by atoms with Crippen molar-refractivity contribution in [2.24, 2.45) is 0 Å². The second kappa shape index (κ2) is 6.67. The van der Waals surface area contributed by atoms with Crippen LogP contribution in [0.5, 0.6) is 0 Å². The lowest BCUT2D eigenvalue weighted by atomic mass is 9.88. The van der Waals surface area contributed by atoms with E-state index in [1.165, 1.54) is 17.3 Å². The van der Waals surface area contributed by atoms with Crippen molar-refractivity contribution in [3.05, 3.63) is 84.4 Å². The van der Waals surface area contributed by atoms with Gasteiger partial charge in [0.2, 0.25) is 5.91 Å². The highest BCUT2D eigenvalue weighted by molar-refractivity contribution is 5.84. The van der Waals surface area contributed by atoms with Crippen LogP contribution in [0.4, 0.5) is 0 Å². The molecule has 0 fully saturated rings. The molecule has 0 spiro atoms. The van der Waals surface area contributed by atoms with Crippen LogP contribution in [-0.2, 0) is 4.79 Å². The molecule has 0 unspecified atom stereocenters. The zero-order valence-electron chi connectivity index (χ0n) is 12.0. The van der Waals surface area contributed by atoms with E-state index in [9.17, 15) is 4.79 Å². The molecule has 5 heteroatoms. The van der Waals surface area contributed by atoms with E-state index in [-0.39, 0.29) is 11.8 Å². The number of hydrogen-bond acceptors (Lipinski definition) is 3. The summed E-state index contributed by atoms with van der Waals surface area (Å²) >= 11 is 0. The van der Waals surface area contributed by atoms with Crippen LogP contribution >= 0.6 is 0 Å². The first-order valence-corrected chi connectivity index (χ1v) is 7.07. The Morgan fingerprint density at radius 2 is 1.41 bits per heavy atom. The zero-order chi connectivity index (χ0) is 15.2. The van der Waals surface area contributed by atoms with Crippen LogP contribution < -0.4 is 5.43 Å². The fourth-order valence-corrected chi connectivity index (χ4v) is 2.43. The Kier molecular flexibility index (Phi) is 4.25. The minimum Gasteiger partial charge on any atom is -0.273 e. The number of aromatic nitrogens is 3. The van der Waals surface area contributed by atoms with Crippen molar-refractivity contribution in [3.8, 4) is 0 Å². The highest BCUT2D eigenvalue weighted by Gasteiger charge is 2.18. The molecule has 0 aliphatic carbocycles. The Balaban J connectivity index is 1.81. The Morgan fingerprint density at radius 3 is 1.91 bits per heavy atom. The van der Waals surface area contributed by atoms with Gasteiger partial charge < -0.3 is 0 Å². The third-order valence-electron chi connectivity index (χ3n) is 3.47. The molecular weight excluding hydrogens is 276 g/mol. The van der Waals surface area contributed by atoms with Crippen molar-refractivity contribution >= 4 is 5.91 Å². The molecule has 0 atom stereocenters. The van der Waals surface area contributed by atoms with E-state index in [2.05, 4.69) is 15.6 Å². The Labute approximate surface area is 128 Å². The van der Waals surface area contributed by atoms with Crippen LogP contribution in [0, 0.1) is 0 Å². The minimum absolute atomic E-state index is 0.0129. The van der Waals surface area contributed by atoms with Gasteiger partial charge in [0.1, 0.15) is 12.7 Å². The fourth-order valence-electron chi connectivity index (χ4n) is 2.43. The van der Waals surface area contributed by atoms with Gasteiger partial charge in [-0.15, -0.1) is 10.2 Å². The Bertz CT molecular complexity index is 671. The molecule has 0 saturated carbocycles. The largest absolute Gasteiger partial charge is 0.273 e. The molecule has 0 aliphatic rings. The van der Waals surface area contributed by atoms with Crippen LogP contribution in [0.15, 0.2) is 73.3 Å². The maximum atomic E-state index is 12.3. The summed E-state index contributed by atoms with van der Waals surface area (Å²) < 4.78 is 1.45. The average molecular weight is 292 g/mol. The summed E-state index contributed by atoms with van der Waals surface area (Å²) in [4.78, 5) is 12.3. The van der Waals surface area contributed by atoms with Crippen molar-refractivity contribution in [2.45, 2.75) is 12.3 Å². The molecule has 110 valence electrons. The van der Waals surface area contributed by atoms with Gasteiger partial charge in [-0.1, -0.05) is 60.7 Å². The molecule has 2 aromatic carbocycles. The van der Waals surface area contributed by atoms with Crippen LogP contribution in [0.2, 0.25) is 0 Å². The third-order valence-corrected chi connectivity index (χ3v) is 3.47. The third kappa shape index (κ3) is 3.38. The fraction of sp³-hybridized carbons (Fsp3) is 0.118. The predicted molar refractivity (Wildman–Crippen MR) is 83.7 cm³/mol. The predicted octanol–water partition coefficient (Wildman–Crippen LogP) is 2.57. The Hall–Kier alpha value is -2.95. The van der Waals surface area contributed by atoms with E-state index in [1.807, 2.05) is 60.7 Å². The molecule has 22 heavy (non-hydrogen) atoms. The van der Waals surface area contributed by atoms with Gasteiger partial charge in [0.05, 0.1) is 0 Å². The van der Waals surface area contributed by atoms with Gasteiger partial charge in [0.15, 0.2) is 0 Å². The van der Waals surface area contributed by atoms with Gasteiger partial charge in [0, 0.05) is 12.3 Å². The number of amides is 1. The van der Waals surface area contributed by atoms with E-state index in [4.69, 9.17) is 0 Å². The monoisotopic (exact) mass is 292 g/mol. The van der Waals surface area contributed by atoms with Gasteiger partial charge in [-0.25, -0.2) is 4.68 Å². The van der Waals surface area contributed by atoms with Crippen LogP contribution in [0.25, 0.3) is 0 Å². The smallest absolute Gasteiger partial charge is 0.239 e. The summed E-state index contributed by atoms with van der Waals surface area (Å²) in [5, 5.41) is 7.34. The molecule has 5 nitrogen and oxygen atoms in total. The van der Waals surface area contributed by atoms with Crippen molar-refractivity contribution < 1.29 is 4.79 Å². The van der Waals surface area contributed by atoms with Gasteiger partial charge in [-0.3, -0.25) is 10.2 Å². The van der Waals surface area contributed by atoms with E-state index in [0.717, 1.165) is 11.1 Å². The van der Waals surface area contributed by atoms with Gasteiger partial charge >= 0.3 is 0 Å². The standard InChI is InChI=1S/C17H16N4O/c22-17(20-21-12-18-19-13-21)11-16(14-7-3-1-4-8-14)15-9-5-2-6-10-15/h1-10,12-13,16H,11H2,(H,20,22). The SMILES string of the molecule is O=C(CC(c1ccccc1)c1ccccc1)Nn1cnnc1. The second-order valence-electron chi connectivity index (χ2n) is 4.98. The maximum absolute atomic E-state index is 12.3. The lowest BCUT2D eigenvalue weighted by Crippen LogP contribution is -2.23. The first-order chi connectivity index (χ1) is 10.8. The van der Waals surface area contributed by atoms with E-state index in [0.29, 0.717) is 6.42 Å². The summed E-state index contributed by atoms with van der Waals surface area (Å²) in [5.41, 5.74) is 4.98. The highest BCUT2D eigenvalue weighted by Crippen LogP contribution is 2.27. The van der Waals surface area contributed by atoms with Crippen molar-refractivity contribution in [1.29, 1.82) is 0 Å². The number of carbonyl (C=O) groups is 1. The molecule has 0 aliphatic heterocycles. The van der Waals surface area contributed by atoms with Crippen LogP contribution in [-0.4, -0.2) is 20.8 Å². The summed E-state index contributed by atoms with van der Waals surface area (Å²) in [6.07, 6.45) is 3.27. The molecule has 0 radical (unpaired) electrons. The number of rotatable bonds is 5. The number of benzene rings is 2. The number of carbonyl (C=O) groups excluding carboxylic acids is 1. The Morgan fingerprint density at radius 1 is 0.909 bits per heavy atom. The second-order valence-corrected chi connectivity index (χ2v) is 4.98. The topological polar surface area (TPSA) is 59.8 Å². The van der Waals surface area contributed by atoms with Crippen LogP contribution in [0.1, 0.15) is 23.5 Å². The number of nitrogens with one attached hydrogen (secondary N) is 1. The van der Waals surface area contributed by atoms with E-state index >= 15 is 0 Å². The molecule has 0 saturated heterocycles. The first kappa shape index (κ1) is 14.0. The average Bonchev–Trinajstić information content (AvgIpc) is 3.07. The lowest BCUT2D eigenvalue weighted by molar-refractivity contribution is -0.117. The molecule has 1 N–H and O–H groups in total. The van der Waals surface area contributed by atoms with Crippen molar-refractivity contribution in [3.63, 3.8) is 0 Å². The van der Waals surface area contributed by atoms with Crippen LogP contribution in [0.3, 0.4) is 0 Å². The molecule has 1 amide bonds. The lowest BCUT2D eigenvalue weighted by Gasteiger charge is -2.17. The molecule has 1 heterocycles. The molecule has 3 rings (SSSR count). The normalized spacial score (nSPS) is 10.6. The van der Waals surface area contributed by atoms with Gasteiger partial charge in [-0.2, -0.15) is 0 Å². The van der Waals surface area contributed by atoms with Crippen molar-refractivity contribution in [2.75, 3.05) is 5.43 Å². The summed E-state index contributed by atoms with van der Waals surface area (Å²) in [6, 6.07) is 20.1. The molecule has 1 aromatic heterocycles. The minimum atomic E-state index is -0.0856. The van der Waals surface area contributed by atoms with E-state index < -0.39 is 0 Å². The van der Waals surface area contributed by atoms with Gasteiger partial charge in [-0.05, 0) is 11.1 Å². The maximum Gasteiger partial charge on any atom is 0.239 e. The van der Waals surface area contributed by atoms with E-state index in [1.54, 1.807) is 0 Å². The summed E-state index contributed by atoms with van der Waals surface area (Å²) in [7, 11) is 0. The zero-order valence-corrected chi connectivity index (χ0v) is 12.0. The number of hydrogen-bond donors (Lipinski definition) is 1. The van der Waals surface area contributed by atoms with Crippen molar-refractivity contribution in [1.82, 2.24) is 14.9 Å². The summed E-state index contributed by atoms with van der Waals surface area (Å²) in [5.74, 6) is -0.0728. The highest BCUT2D eigenvalue weighted by atomic mass is 16.2. The quantitative estimate of drug-likeness (QED) is 0.786. The van der Waals surface area contributed by atoms with Gasteiger partial charge in [0.25, 0.3) is 0 Å². The molecule has 0 bridgehead atoms. The first-order valence-electron chi connectivity index (χ1n) is 7.07. The molecule has 3 aromatic rings. The summed E-state index contributed by atoms with van der Waals surface area (Å²) in [6.45, 7) is 0. The number of nitrogens with zero attached hydrogens (tertiary/aromatic N) is 3.